The Kier molecular flexibility index (Phi) is 7.80. The van der Waals surface area contributed by atoms with Gasteiger partial charge in [-0.05, 0) is 42.9 Å². The van der Waals surface area contributed by atoms with Crippen LogP contribution < -0.4 is 10.6 Å². The van der Waals surface area contributed by atoms with Crippen molar-refractivity contribution in [3.05, 3.63) is 29.8 Å². The van der Waals surface area contributed by atoms with Gasteiger partial charge in [0.15, 0.2) is 0 Å². The summed E-state index contributed by atoms with van der Waals surface area (Å²) in [6, 6.07) is 7.73. The van der Waals surface area contributed by atoms with Crippen LogP contribution in [0.3, 0.4) is 0 Å². The van der Waals surface area contributed by atoms with Crippen LogP contribution in [0.15, 0.2) is 24.3 Å². The van der Waals surface area contributed by atoms with E-state index in [1.807, 2.05) is 24.3 Å². The molecule has 0 aromatic heterocycles. The number of hydrogen-bond donors (Lipinski definition) is 2. The number of carbonyl (C=O) groups is 2. The topological polar surface area (TPSA) is 58.2 Å². The van der Waals surface area contributed by atoms with Crippen LogP contribution in [0.4, 0.5) is 5.69 Å². The van der Waals surface area contributed by atoms with Gasteiger partial charge in [-0.15, -0.1) is 0 Å². The first-order chi connectivity index (χ1) is 11.7. The third-order valence-corrected chi connectivity index (χ3v) is 4.80. The molecule has 2 rings (SSSR count). The fourth-order valence-electron chi connectivity index (χ4n) is 3.27. The summed E-state index contributed by atoms with van der Waals surface area (Å²) in [5.41, 5.74) is 1.93. The van der Waals surface area contributed by atoms with Gasteiger partial charge in [-0.2, -0.15) is 0 Å². The molecule has 1 saturated carbocycles. The lowest BCUT2D eigenvalue weighted by atomic mass is 9.87. The highest BCUT2D eigenvalue weighted by molar-refractivity contribution is 6.39. The molecule has 0 unspecified atom stereocenters. The van der Waals surface area contributed by atoms with Gasteiger partial charge in [-0.25, -0.2) is 0 Å². The summed E-state index contributed by atoms with van der Waals surface area (Å²) < 4.78 is 0. The van der Waals surface area contributed by atoms with Gasteiger partial charge in [-0.1, -0.05) is 57.6 Å². The minimum atomic E-state index is -0.583. The minimum Gasteiger partial charge on any atom is -0.348 e. The Morgan fingerprint density at radius 1 is 1.04 bits per heavy atom. The Labute approximate surface area is 145 Å². The molecule has 2 amide bonds. The molecule has 0 radical (unpaired) electrons. The van der Waals surface area contributed by atoms with Crippen LogP contribution in [0.2, 0.25) is 0 Å². The predicted octanol–water partition coefficient (Wildman–Crippen LogP) is 4.05. The van der Waals surface area contributed by atoms with Crippen molar-refractivity contribution in [3.63, 3.8) is 0 Å². The molecule has 0 atom stereocenters. The van der Waals surface area contributed by atoms with E-state index >= 15 is 0 Å². The molecule has 132 valence electrons. The average Bonchev–Trinajstić information content (AvgIpc) is 2.62. The molecular weight excluding hydrogens is 300 g/mol. The molecular formula is C20H30N2O2. The largest absolute Gasteiger partial charge is 0.348 e. The summed E-state index contributed by atoms with van der Waals surface area (Å²) in [4.78, 5) is 23.8. The van der Waals surface area contributed by atoms with E-state index in [-0.39, 0.29) is 0 Å². The zero-order valence-electron chi connectivity index (χ0n) is 14.8. The fraction of sp³-hybridized carbons (Fsp3) is 0.600. The Bertz CT molecular complexity index is 519. The summed E-state index contributed by atoms with van der Waals surface area (Å²) >= 11 is 0. The van der Waals surface area contributed by atoms with E-state index in [1.165, 1.54) is 44.1 Å². The van der Waals surface area contributed by atoms with Crippen molar-refractivity contribution in [3.8, 4) is 0 Å². The first-order valence-electron chi connectivity index (χ1n) is 9.37. The first kappa shape index (κ1) is 18.5. The number of benzene rings is 1. The second kappa shape index (κ2) is 10.1. The van der Waals surface area contributed by atoms with Crippen molar-refractivity contribution in [2.45, 2.75) is 64.7 Å². The van der Waals surface area contributed by atoms with Gasteiger partial charge in [0.2, 0.25) is 0 Å². The predicted molar refractivity (Wildman–Crippen MR) is 97.9 cm³/mol. The molecule has 1 aromatic rings. The van der Waals surface area contributed by atoms with E-state index < -0.39 is 11.8 Å². The number of anilines is 1. The van der Waals surface area contributed by atoms with Gasteiger partial charge in [-0.3, -0.25) is 9.59 Å². The van der Waals surface area contributed by atoms with E-state index in [9.17, 15) is 9.59 Å². The first-order valence-corrected chi connectivity index (χ1v) is 9.37. The van der Waals surface area contributed by atoms with Crippen molar-refractivity contribution in [2.24, 2.45) is 5.92 Å². The van der Waals surface area contributed by atoms with Crippen LogP contribution in [0.5, 0.6) is 0 Å². The molecule has 2 N–H and O–H groups in total. The molecule has 0 bridgehead atoms. The number of rotatable bonds is 7. The summed E-state index contributed by atoms with van der Waals surface area (Å²) in [6.07, 6.45) is 10.8. The standard InChI is InChI=1S/C20H30N2O2/c1-2-3-7-17-10-12-18(13-11-17)22-20(24)19(23)21-15-14-16-8-5-4-6-9-16/h10-13,16H,2-9,14-15H2,1H3,(H,21,23)(H,22,24). The monoisotopic (exact) mass is 330 g/mol. The highest BCUT2D eigenvalue weighted by Gasteiger charge is 2.16. The minimum absolute atomic E-state index is 0.541. The molecule has 1 aliphatic carbocycles. The molecule has 1 aliphatic rings. The number of amides is 2. The molecule has 0 aliphatic heterocycles. The quantitative estimate of drug-likeness (QED) is 0.741. The Morgan fingerprint density at radius 2 is 1.75 bits per heavy atom. The molecule has 4 nitrogen and oxygen atoms in total. The van der Waals surface area contributed by atoms with E-state index in [1.54, 1.807) is 0 Å². The number of nitrogens with one attached hydrogen (secondary N) is 2. The van der Waals surface area contributed by atoms with Crippen molar-refractivity contribution >= 4 is 17.5 Å². The van der Waals surface area contributed by atoms with E-state index in [0.29, 0.717) is 18.2 Å². The van der Waals surface area contributed by atoms with E-state index in [0.717, 1.165) is 19.3 Å². The van der Waals surface area contributed by atoms with Crippen LogP contribution >= 0.6 is 0 Å². The maximum Gasteiger partial charge on any atom is 0.313 e. The SMILES string of the molecule is CCCCc1ccc(NC(=O)C(=O)NCCC2CCCCC2)cc1. The van der Waals surface area contributed by atoms with E-state index in [2.05, 4.69) is 17.6 Å². The number of aryl methyl sites for hydroxylation is 1. The normalized spacial score (nSPS) is 15.0. The average molecular weight is 330 g/mol. The molecule has 0 saturated heterocycles. The highest BCUT2D eigenvalue weighted by Crippen LogP contribution is 2.25. The van der Waals surface area contributed by atoms with Gasteiger partial charge in [0.05, 0.1) is 0 Å². The lowest BCUT2D eigenvalue weighted by molar-refractivity contribution is -0.136. The third kappa shape index (κ3) is 6.34. The number of unbranched alkanes of at least 4 members (excludes halogenated alkanes) is 1. The molecule has 0 heterocycles. The van der Waals surface area contributed by atoms with Crippen molar-refractivity contribution in [1.29, 1.82) is 0 Å². The summed E-state index contributed by atoms with van der Waals surface area (Å²) in [5.74, 6) is -0.418. The molecule has 0 spiro atoms. The lowest BCUT2D eigenvalue weighted by Gasteiger charge is -2.21. The molecule has 1 aromatic carbocycles. The van der Waals surface area contributed by atoms with Gasteiger partial charge in [0, 0.05) is 12.2 Å². The van der Waals surface area contributed by atoms with Crippen molar-refractivity contribution in [2.75, 3.05) is 11.9 Å². The van der Waals surface area contributed by atoms with Crippen LogP contribution in [0.25, 0.3) is 0 Å². The van der Waals surface area contributed by atoms with Crippen LogP contribution in [-0.2, 0) is 16.0 Å². The third-order valence-electron chi connectivity index (χ3n) is 4.80. The van der Waals surface area contributed by atoms with Crippen molar-refractivity contribution < 1.29 is 9.59 Å². The molecule has 4 heteroatoms. The van der Waals surface area contributed by atoms with E-state index in [4.69, 9.17) is 0 Å². The molecule has 24 heavy (non-hydrogen) atoms. The van der Waals surface area contributed by atoms with Gasteiger partial charge in [0.1, 0.15) is 0 Å². The summed E-state index contributed by atoms with van der Waals surface area (Å²) in [6.45, 7) is 2.76. The van der Waals surface area contributed by atoms with Gasteiger partial charge in [0.25, 0.3) is 0 Å². The number of hydrogen-bond acceptors (Lipinski definition) is 2. The molecule has 1 fully saturated rings. The van der Waals surface area contributed by atoms with Crippen LogP contribution in [-0.4, -0.2) is 18.4 Å². The van der Waals surface area contributed by atoms with Crippen LogP contribution in [0.1, 0.15) is 63.9 Å². The maximum absolute atomic E-state index is 11.9. The summed E-state index contributed by atoms with van der Waals surface area (Å²) in [7, 11) is 0. The second-order valence-electron chi connectivity index (χ2n) is 6.80. The van der Waals surface area contributed by atoms with Gasteiger partial charge < -0.3 is 10.6 Å². The second-order valence-corrected chi connectivity index (χ2v) is 6.80. The Balaban J connectivity index is 1.69. The Hall–Kier alpha value is -1.84. The van der Waals surface area contributed by atoms with Crippen molar-refractivity contribution in [1.82, 2.24) is 5.32 Å². The lowest BCUT2D eigenvalue weighted by Crippen LogP contribution is -2.36. The zero-order valence-corrected chi connectivity index (χ0v) is 14.8. The summed E-state index contributed by atoms with van der Waals surface area (Å²) in [5, 5.41) is 5.40. The maximum atomic E-state index is 11.9. The Morgan fingerprint density at radius 3 is 2.42 bits per heavy atom. The number of carbonyl (C=O) groups excluding carboxylic acids is 2. The fourth-order valence-corrected chi connectivity index (χ4v) is 3.27. The smallest absolute Gasteiger partial charge is 0.313 e. The highest BCUT2D eigenvalue weighted by atomic mass is 16.2. The zero-order chi connectivity index (χ0) is 17.2. The van der Waals surface area contributed by atoms with Gasteiger partial charge >= 0.3 is 11.8 Å². The van der Waals surface area contributed by atoms with Crippen LogP contribution in [0, 0.1) is 5.92 Å².